The van der Waals surface area contributed by atoms with Crippen molar-refractivity contribution in [2.75, 3.05) is 5.43 Å². The Morgan fingerprint density at radius 2 is 1.82 bits per heavy atom. The lowest BCUT2D eigenvalue weighted by molar-refractivity contribution is -0.393. The van der Waals surface area contributed by atoms with Gasteiger partial charge < -0.3 is 0 Å². The highest BCUT2D eigenvalue weighted by Gasteiger charge is 2.38. The second-order valence-corrected chi connectivity index (χ2v) is 6.89. The summed E-state index contributed by atoms with van der Waals surface area (Å²) in [7, 11) is 0. The number of rotatable bonds is 6. The fraction of sp³-hybridized carbons (Fsp3) is 0.350. The van der Waals surface area contributed by atoms with Gasteiger partial charge >= 0.3 is 5.69 Å². The molecule has 1 fully saturated rings. The minimum absolute atomic E-state index is 0.145. The van der Waals surface area contributed by atoms with Crippen LogP contribution < -0.4 is 5.43 Å². The van der Waals surface area contributed by atoms with Gasteiger partial charge in [0.2, 0.25) is 0 Å². The number of nitro benzene ring substituents is 2. The van der Waals surface area contributed by atoms with Gasteiger partial charge in [-0.05, 0) is 37.3 Å². The quantitative estimate of drug-likeness (QED) is 0.546. The molecule has 0 radical (unpaired) electrons. The van der Waals surface area contributed by atoms with E-state index < -0.39 is 9.85 Å². The van der Waals surface area contributed by atoms with Gasteiger partial charge in [0, 0.05) is 17.2 Å². The summed E-state index contributed by atoms with van der Waals surface area (Å²) in [6, 6.07) is 13.7. The molecule has 0 spiro atoms. The summed E-state index contributed by atoms with van der Waals surface area (Å²) in [5.41, 5.74) is 4.21. The Hall–Kier alpha value is -3.29. The number of hydrazone groups is 1. The van der Waals surface area contributed by atoms with E-state index in [4.69, 9.17) is 0 Å². The van der Waals surface area contributed by atoms with Gasteiger partial charge in [0.15, 0.2) is 0 Å². The predicted molar refractivity (Wildman–Crippen MR) is 108 cm³/mol. The molecular weight excluding hydrogens is 360 g/mol. The monoisotopic (exact) mass is 382 g/mol. The SMILES string of the molecule is CCC1(c2ccccc2)CCCC/C1=N/Nc1ccc([N+](=O)[O-])cc1[N+](=O)[O-]. The van der Waals surface area contributed by atoms with Crippen molar-refractivity contribution in [3.63, 3.8) is 0 Å². The van der Waals surface area contributed by atoms with Gasteiger partial charge in [-0.3, -0.25) is 25.7 Å². The van der Waals surface area contributed by atoms with Crippen LogP contribution in [0.5, 0.6) is 0 Å². The maximum atomic E-state index is 11.3. The Labute approximate surface area is 162 Å². The average molecular weight is 382 g/mol. The summed E-state index contributed by atoms with van der Waals surface area (Å²) in [5.74, 6) is 0. The number of nitrogens with one attached hydrogen (secondary N) is 1. The minimum atomic E-state index is -0.651. The molecular formula is C20H22N4O4. The fourth-order valence-corrected chi connectivity index (χ4v) is 3.93. The van der Waals surface area contributed by atoms with Gasteiger partial charge in [0.1, 0.15) is 5.69 Å². The van der Waals surface area contributed by atoms with Crippen LogP contribution in [0, 0.1) is 20.2 Å². The normalized spacial score (nSPS) is 20.7. The minimum Gasteiger partial charge on any atom is -0.272 e. The molecule has 3 rings (SSSR count). The van der Waals surface area contributed by atoms with E-state index in [1.165, 1.54) is 17.7 Å². The first-order valence-electron chi connectivity index (χ1n) is 9.29. The van der Waals surface area contributed by atoms with Crippen molar-refractivity contribution in [1.29, 1.82) is 0 Å². The molecule has 2 aromatic carbocycles. The van der Waals surface area contributed by atoms with Crippen LogP contribution in [-0.2, 0) is 5.41 Å². The highest BCUT2D eigenvalue weighted by molar-refractivity contribution is 5.96. The van der Waals surface area contributed by atoms with E-state index in [0.717, 1.165) is 43.9 Å². The molecule has 146 valence electrons. The van der Waals surface area contributed by atoms with Crippen molar-refractivity contribution >= 4 is 22.8 Å². The van der Waals surface area contributed by atoms with E-state index in [9.17, 15) is 20.2 Å². The summed E-state index contributed by atoms with van der Waals surface area (Å²) in [6.45, 7) is 2.13. The third-order valence-corrected chi connectivity index (χ3v) is 5.45. The molecule has 8 heteroatoms. The highest BCUT2D eigenvalue weighted by Crippen LogP contribution is 2.40. The van der Waals surface area contributed by atoms with E-state index >= 15 is 0 Å². The number of benzene rings is 2. The maximum Gasteiger partial charge on any atom is 0.301 e. The Balaban J connectivity index is 1.98. The summed E-state index contributed by atoms with van der Waals surface area (Å²) in [6.07, 6.45) is 4.75. The second kappa shape index (κ2) is 8.16. The van der Waals surface area contributed by atoms with Gasteiger partial charge in [-0.1, -0.05) is 43.7 Å². The number of non-ortho nitro benzene ring substituents is 1. The van der Waals surface area contributed by atoms with E-state index in [2.05, 4.69) is 29.6 Å². The van der Waals surface area contributed by atoms with E-state index in [0.29, 0.717) is 0 Å². The van der Waals surface area contributed by atoms with E-state index in [-0.39, 0.29) is 22.5 Å². The summed E-state index contributed by atoms with van der Waals surface area (Å²) in [4.78, 5) is 21.0. The number of nitrogens with zero attached hydrogens (tertiary/aromatic N) is 3. The summed E-state index contributed by atoms with van der Waals surface area (Å²) in [5, 5.41) is 26.8. The number of hydrogen-bond donors (Lipinski definition) is 1. The molecule has 8 nitrogen and oxygen atoms in total. The van der Waals surface area contributed by atoms with E-state index in [1.807, 2.05) is 18.2 Å². The van der Waals surface area contributed by atoms with Crippen LogP contribution in [0.25, 0.3) is 0 Å². The fourth-order valence-electron chi connectivity index (χ4n) is 3.93. The molecule has 0 saturated heterocycles. The highest BCUT2D eigenvalue weighted by atomic mass is 16.6. The molecule has 0 bridgehead atoms. The van der Waals surface area contributed by atoms with Crippen molar-refractivity contribution in [1.82, 2.24) is 0 Å². The van der Waals surface area contributed by atoms with Crippen molar-refractivity contribution in [3.8, 4) is 0 Å². The van der Waals surface area contributed by atoms with Crippen molar-refractivity contribution in [2.45, 2.75) is 44.4 Å². The van der Waals surface area contributed by atoms with Crippen LogP contribution >= 0.6 is 0 Å². The van der Waals surface area contributed by atoms with Crippen LogP contribution in [0.15, 0.2) is 53.6 Å². The first-order chi connectivity index (χ1) is 13.5. The van der Waals surface area contributed by atoms with Crippen LogP contribution in [0.4, 0.5) is 17.1 Å². The smallest absolute Gasteiger partial charge is 0.272 e. The Morgan fingerprint density at radius 1 is 1.07 bits per heavy atom. The molecule has 1 unspecified atom stereocenters. The lowest BCUT2D eigenvalue weighted by atomic mass is 9.66. The van der Waals surface area contributed by atoms with Crippen molar-refractivity contribution < 1.29 is 9.85 Å². The first kappa shape index (κ1) is 19.5. The van der Waals surface area contributed by atoms with Crippen LogP contribution in [0.1, 0.15) is 44.6 Å². The zero-order chi connectivity index (χ0) is 20.1. The zero-order valence-corrected chi connectivity index (χ0v) is 15.6. The summed E-state index contributed by atoms with van der Waals surface area (Å²) < 4.78 is 0. The molecule has 1 aliphatic carbocycles. The second-order valence-electron chi connectivity index (χ2n) is 6.89. The zero-order valence-electron chi connectivity index (χ0n) is 15.6. The van der Waals surface area contributed by atoms with Crippen LogP contribution in [0.2, 0.25) is 0 Å². The Kier molecular flexibility index (Phi) is 5.67. The maximum absolute atomic E-state index is 11.3. The Bertz CT molecular complexity index is 914. The molecule has 0 amide bonds. The van der Waals surface area contributed by atoms with Crippen LogP contribution in [-0.4, -0.2) is 15.6 Å². The molecule has 1 atom stereocenters. The number of hydrogen-bond acceptors (Lipinski definition) is 6. The van der Waals surface area contributed by atoms with Gasteiger partial charge in [-0.15, -0.1) is 0 Å². The Morgan fingerprint density at radius 3 is 2.46 bits per heavy atom. The lowest BCUT2D eigenvalue weighted by Gasteiger charge is -2.38. The molecule has 0 aliphatic heterocycles. The average Bonchev–Trinajstić information content (AvgIpc) is 2.72. The van der Waals surface area contributed by atoms with Crippen LogP contribution in [0.3, 0.4) is 0 Å². The lowest BCUT2D eigenvalue weighted by Crippen LogP contribution is -2.38. The topological polar surface area (TPSA) is 111 Å². The third-order valence-electron chi connectivity index (χ3n) is 5.45. The standard InChI is InChI=1S/C20H22N4O4/c1-2-20(15-8-4-3-5-9-15)13-7-6-10-19(20)22-21-17-12-11-16(23(25)26)14-18(17)24(27)28/h3-5,8-9,11-12,14,21H,2,6-7,10,13H2,1H3/b22-19-. The number of anilines is 1. The number of nitro groups is 2. The molecule has 2 aromatic rings. The molecule has 0 heterocycles. The summed E-state index contributed by atoms with van der Waals surface area (Å²) >= 11 is 0. The third kappa shape index (κ3) is 3.71. The van der Waals surface area contributed by atoms with Gasteiger partial charge in [-0.25, -0.2) is 0 Å². The molecule has 1 aliphatic rings. The van der Waals surface area contributed by atoms with Crippen molar-refractivity contribution in [3.05, 3.63) is 74.3 Å². The first-order valence-corrected chi connectivity index (χ1v) is 9.29. The molecule has 28 heavy (non-hydrogen) atoms. The predicted octanol–water partition coefficient (Wildman–Crippen LogP) is 5.19. The molecule has 1 N–H and O–H groups in total. The van der Waals surface area contributed by atoms with E-state index in [1.54, 1.807) is 0 Å². The van der Waals surface area contributed by atoms with Crippen molar-refractivity contribution in [2.24, 2.45) is 5.10 Å². The molecule has 0 aromatic heterocycles. The largest absolute Gasteiger partial charge is 0.301 e. The van der Waals surface area contributed by atoms with Gasteiger partial charge in [0.05, 0.1) is 15.9 Å². The van der Waals surface area contributed by atoms with Gasteiger partial charge in [0.25, 0.3) is 5.69 Å². The van der Waals surface area contributed by atoms with Gasteiger partial charge in [-0.2, -0.15) is 5.10 Å². The molecule has 1 saturated carbocycles.